The molecule has 2 rings (SSSR count). The predicted molar refractivity (Wildman–Crippen MR) is 69.4 cm³/mol. The number of benzene rings is 1. The van der Waals surface area contributed by atoms with E-state index in [4.69, 9.17) is 9.47 Å². The maximum absolute atomic E-state index is 11.9. The Bertz CT molecular complexity index is 430. The zero-order chi connectivity index (χ0) is 13.8. The second kappa shape index (κ2) is 5.87. The van der Waals surface area contributed by atoms with Crippen molar-refractivity contribution in [2.45, 2.75) is 19.8 Å². The van der Waals surface area contributed by atoms with Crippen molar-refractivity contribution in [3.8, 4) is 0 Å². The molecule has 1 aromatic carbocycles. The summed E-state index contributed by atoms with van der Waals surface area (Å²) in [5, 5.41) is 0. The van der Waals surface area contributed by atoms with Gasteiger partial charge in [-0.2, -0.15) is 0 Å². The first-order valence-corrected chi connectivity index (χ1v) is 6.58. The number of rotatable bonds is 5. The summed E-state index contributed by atoms with van der Waals surface area (Å²) in [5.41, 5.74) is 0.985. The quantitative estimate of drug-likeness (QED) is 0.763. The van der Waals surface area contributed by atoms with Crippen molar-refractivity contribution < 1.29 is 19.1 Å². The van der Waals surface area contributed by atoms with Crippen molar-refractivity contribution >= 4 is 11.9 Å². The zero-order valence-electron chi connectivity index (χ0n) is 11.2. The Hall–Kier alpha value is -1.84. The molecule has 1 aromatic rings. The molecule has 4 heteroatoms. The van der Waals surface area contributed by atoms with Crippen LogP contribution in [0.25, 0.3) is 0 Å². The summed E-state index contributed by atoms with van der Waals surface area (Å²) in [5.74, 6) is -1.54. The minimum absolute atomic E-state index is 0.112. The Morgan fingerprint density at radius 1 is 0.947 bits per heavy atom. The molecule has 2 unspecified atom stereocenters. The Labute approximate surface area is 112 Å². The zero-order valence-corrected chi connectivity index (χ0v) is 11.2. The van der Waals surface area contributed by atoms with E-state index in [2.05, 4.69) is 0 Å². The van der Waals surface area contributed by atoms with Crippen molar-refractivity contribution in [1.29, 1.82) is 0 Å². The van der Waals surface area contributed by atoms with E-state index in [0.29, 0.717) is 13.2 Å². The third-order valence-corrected chi connectivity index (χ3v) is 3.32. The van der Waals surface area contributed by atoms with Crippen LogP contribution >= 0.6 is 0 Å². The number of carbonyl (C=O) groups is 2. The monoisotopic (exact) mass is 262 g/mol. The molecule has 0 spiro atoms. The van der Waals surface area contributed by atoms with Crippen molar-refractivity contribution in [3.05, 3.63) is 35.9 Å². The second-order valence-corrected chi connectivity index (χ2v) is 4.49. The normalized spacial score (nSPS) is 24.6. The first-order chi connectivity index (χ1) is 9.20. The summed E-state index contributed by atoms with van der Waals surface area (Å²) in [4.78, 5) is 23.8. The molecule has 0 bridgehead atoms. The molecule has 0 N–H and O–H groups in total. The largest absolute Gasteiger partial charge is 0.466 e. The molecular weight excluding hydrogens is 244 g/mol. The lowest BCUT2D eigenvalue weighted by molar-refractivity contribution is -0.150. The van der Waals surface area contributed by atoms with Gasteiger partial charge in [-0.1, -0.05) is 30.3 Å². The van der Waals surface area contributed by atoms with Gasteiger partial charge < -0.3 is 9.47 Å². The van der Waals surface area contributed by atoms with E-state index in [-0.39, 0.29) is 17.9 Å². The minimum Gasteiger partial charge on any atom is -0.466 e. The summed E-state index contributed by atoms with van der Waals surface area (Å²) in [6.45, 7) is 4.17. The number of carbonyl (C=O) groups excluding carboxylic acids is 2. The molecule has 102 valence electrons. The molecule has 0 radical (unpaired) electrons. The highest BCUT2D eigenvalue weighted by Crippen LogP contribution is 2.55. The lowest BCUT2D eigenvalue weighted by Gasteiger charge is -2.00. The average Bonchev–Trinajstić information content (AvgIpc) is 3.16. The van der Waals surface area contributed by atoms with Crippen LogP contribution in [-0.4, -0.2) is 25.2 Å². The molecule has 0 heterocycles. The first-order valence-electron chi connectivity index (χ1n) is 6.58. The lowest BCUT2D eigenvalue weighted by atomic mass is 10.1. The minimum atomic E-state index is -0.401. The van der Waals surface area contributed by atoms with Gasteiger partial charge in [-0.15, -0.1) is 0 Å². The molecule has 1 aliphatic rings. The van der Waals surface area contributed by atoms with E-state index in [1.807, 2.05) is 30.3 Å². The van der Waals surface area contributed by atoms with Gasteiger partial charge in [0.05, 0.1) is 25.0 Å². The molecule has 0 aliphatic heterocycles. The third kappa shape index (κ3) is 2.78. The Balaban J connectivity index is 2.16. The van der Waals surface area contributed by atoms with Crippen molar-refractivity contribution in [3.63, 3.8) is 0 Å². The SMILES string of the molecule is CCOC(=O)C1C(C(=O)OCC)C1c1ccccc1. The van der Waals surface area contributed by atoms with Crippen LogP contribution in [0, 0.1) is 11.8 Å². The second-order valence-electron chi connectivity index (χ2n) is 4.49. The Morgan fingerprint density at radius 2 is 1.42 bits per heavy atom. The lowest BCUT2D eigenvalue weighted by Crippen LogP contribution is -2.13. The van der Waals surface area contributed by atoms with Crippen LogP contribution in [-0.2, 0) is 19.1 Å². The molecule has 0 aromatic heterocycles. The van der Waals surface area contributed by atoms with Gasteiger partial charge in [0.1, 0.15) is 0 Å². The van der Waals surface area contributed by atoms with Gasteiger partial charge in [0, 0.05) is 5.92 Å². The van der Waals surface area contributed by atoms with Crippen LogP contribution in [0.15, 0.2) is 30.3 Å². The summed E-state index contributed by atoms with van der Waals surface area (Å²) < 4.78 is 10.1. The van der Waals surface area contributed by atoms with E-state index < -0.39 is 11.8 Å². The summed E-state index contributed by atoms with van der Waals surface area (Å²) in [6.07, 6.45) is 0. The van der Waals surface area contributed by atoms with E-state index in [0.717, 1.165) is 5.56 Å². The molecule has 4 nitrogen and oxygen atoms in total. The molecule has 0 saturated heterocycles. The topological polar surface area (TPSA) is 52.6 Å². The highest BCUT2D eigenvalue weighted by molar-refractivity contribution is 5.90. The first kappa shape index (κ1) is 13.6. The van der Waals surface area contributed by atoms with Gasteiger partial charge >= 0.3 is 11.9 Å². The van der Waals surface area contributed by atoms with Gasteiger partial charge in [-0.05, 0) is 19.4 Å². The summed E-state index contributed by atoms with van der Waals surface area (Å²) in [7, 11) is 0. The maximum Gasteiger partial charge on any atom is 0.310 e. The number of ether oxygens (including phenoxy) is 2. The van der Waals surface area contributed by atoms with Gasteiger partial charge in [-0.25, -0.2) is 0 Å². The van der Waals surface area contributed by atoms with Crippen molar-refractivity contribution in [2.75, 3.05) is 13.2 Å². The predicted octanol–water partition coefficient (Wildman–Crippen LogP) is 2.14. The molecule has 1 saturated carbocycles. The van der Waals surface area contributed by atoms with Gasteiger partial charge in [0.2, 0.25) is 0 Å². The van der Waals surface area contributed by atoms with E-state index in [1.165, 1.54) is 0 Å². The average molecular weight is 262 g/mol. The van der Waals surface area contributed by atoms with Crippen LogP contribution < -0.4 is 0 Å². The molecule has 2 atom stereocenters. The molecule has 19 heavy (non-hydrogen) atoms. The van der Waals surface area contributed by atoms with Gasteiger partial charge in [0.25, 0.3) is 0 Å². The Morgan fingerprint density at radius 3 is 1.84 bits per heavy atom. The van der Waals surface area contributed by atoms with Crippen molar-refractivity contribution in [2.24, 2.45) is 11.8 Å². The van der Waals surface area contributed by atoms with Crippen molar-refractivity contribution in [1.82, 2.24) is 0 Å². The standard InChI is InChI=1S/C15H18O4/c1-3-18-14(16)12-11(10-8-6-5-7-9-10)13(12)15(17)19-4-2/h5-9,11-13H,3-4H2,1-2H3. The third-order valence-electron chi connectivity index (χ3n) is 3.32. The Kier molecular flexibility index (Phi) is 4.20. The highest BCUT2D eigenvalue weighted by Gasteiger charge is 2.61. The number of hydrogen-bond donors (Lipinski definition) is 0. The maximum atomic E-state index is 11.9. The number of esters is 2. The van der Waals surface area contributed by atoms with E-state index in [1.54, 1.807) is 13.8 Å². The van der Waals surface area contributed by atoms with Crippen LogP contribution in [0.1, 0.15) is 25.3 Å². The fraction of sp³-hybridized carbons (Fsp3) is 0.467. The van der Waals surface area contributed by atoms with Crippen LogP contribution in [0.3, 0.4) is 0 Å². The van der Waals surface area contributed by atoms with E-state index >= 15 is 0 Å². The molecule has 1 fully saturated rings. The summed E-state index contributed by atoms with van der Waals surface area (Å²) >= 11 is 0. The fourth-order valence-corrected chi connectivity index (χ4v) is 2.46. The van der Waals surface area contributed by atoms with Gasteiger partial charge in [0.15, 0.2) is 0 Å². The van der Waals surface area contributed by atoms with E-state index in [9.17, 15) is 9.59 Å². The fourth-order valence-electron chi connectivity index (χ4n) is 2.46. The van der Waals surface area contributed by atoms with Gasteiger partial charge in [-0.3, -0.25) is 9.59 Å². The van der Waals surface area contributed by atoms with Crippen LogP contribution in [0.2, 0.25) is 0 Å². The van der Waals surface area contributed by atoms with Crippen LogP contribution in [0.4, 0.5) is 0 Å². The summed E-state index contributed by atoms with van der Waals surface area (Å²) in [6, 6.07) is 9.56. The smallest absolute Gasteiger partial charge is 0.310 e. The molecule has 1 aliphatic carbocycles. The molecular formula is C15H18O4. The molecule has 0 amide bonds. The highest BCUT2D eigenvalue weighted by atomic mass is 16.5. The van der Waals surface area contributed by atoms with Crippen LogP contribution in [0.5, 0.6) is 0 Å². The number of hydrogen-bond acceptors (Lipinski definition) is 4.